The lowest BCUT2D eigenvalue weighted by Gasteiger charge is -2.09. The highest BCUT2D eigenvalue weighted by Crippen LogP contribution is 2.28. The van der Waals surface area contributed by atoms with Crippen molar-refractivity contribution in [1.82, 2.24) is 5.32 Å². The number of amides is 1. The Balaban J connectivity index is 1.71. The summed E-state index contributed by atoms with van der Waals surface area (Å²) in [5.41, 5.74) is 1.60. The number of carbonyl (C=O) groups excluding carboxylic acids is 1. The molecule has 1 aromatic rings. The van der Waals surface area contributed by atoms with E-state index in [1.165, 1.54) is 39.2 Å². The Kier molecular flexibility index (Phi) is 6.25. The van der Waals surface area contributed by atoms with E-state index in [9.17, 15) is 4.79 Å². The first-order chi connectivity index (χ1) is 10.3. The molecule has 0 spiro atoms. The third kappa shape index (κ3) is 5.21. The van der Waals surface area contributed by atoms with Crippen LogP contribution in [-0.4, -0.2) is 25.8 Å². The van der Waals surface area contributed by atoms with Gasteiger partial charge in [0.2, 0.25) is 0 Å². The first-order valence-electron chi connectivity index (χ1n) is 7.74. The van der Waals surface area contributed by atoms with Crippen molar-refractivity contribution >= 4 is 12.1 Å². The molecule has 1 fully saturated rings. The van der Waals surface area contributed by atoms with Crippen LogP contribution in [-0.2, 0) is 4.84 Å². The quantitative estimate of drug-likeness (QED) is 0.475. The second kappa shape index (κ2) is 8.45. The minimum Gasteiger partial charge on any atom is -0.399 e. The summed E-state index contributed by atoms with van der Waals surface area (Å²) in [6.07, 6.45) is 9.45. The molecule has 21 heavy (non-hydrogen) atoms. The summed E-state index contributed by atoms with van der Waals surface area (Å²) in [5.74, 6) is 0.887. The Bertz CT molecular complexity index is 462. The first-order valence-corrected chi connectivity index (χ1v) is 7.74. The van der Waals surface area contributed by atoms with Crippen molar-refractivity contribution < 1.29 is 9.63 Å². The van der Waals surface area contributed by atoms with Gasteiger partial charge in [0.15, 0.2) is 0 Å². The molecule has 0 aliphatic heterocycles. The van der Waals surface area contributed by atoms with Crippen LogP contribution in [0, 0.1) is 5.92 Å². The standard InChI is InChI=1S/C17H24N2O2/c1-21-19-13-15-8-10-16(11-9-15)17(20)18-12-4-7-14-5-2-3-6-14/h8-11,13-14H,2-7,12H2,1H3,(H,18,20)/b19-13+. The van der Waals surface area contributed by atoms with E-state index in [1.807, 2.05) is 24.3 Å². The van der Waals surface area contributed by atoms with Gasteiger partial charge in [0.05, 0.1) is 6.21 Å². The lowest BCUT2D eigenvalue weighted by atomic mass is 10.0. The summed E-state index contributed by atoms with van der Waals surface area (Å²) in [4.78, 5) is 16.6. The van der Waals surface area contributed by atoms with Crippen LogP contribution >= 0.6 is 0 Å². The highest BCUT2D eigenvalue weighted by molar-refractivity contribution is 5.94. The molecule has 0 heterocycles. The molecule has 0 aromatic heterocycles. The van der Waals surface area contributed by atoms with Gasteiger partial charge in [-0.15, -0.1) is 0 Å². The lowest BCUT2D eigenvalue weighted by molar-refractivity contribution is 0.0952. The van der Waals surface area contributed by atoms with Crippen LogP contribution in [0.3, 0.4) is 0 Å². The predicted octanol–water partition coefficient (Wildman–Crippen LogP) is 3.37. The Labute approximate surface area is 126 Å². The Morgan fingerprint density at radius 2 is 2.05 bits per heavy atom. The molecule has 0 saturated heterocycles. The molecule has 1 saturated carbocycles. The van der Waals surface area contributed by atoms with Gasteiger partial charge in [-0.3, -0.25) is 4.79 Å². The molecule has 4 nitrogen and oxygen atoms in total. The molecule has 1 aromatic carbocycles. The van der Waals surface area contributed by atoms with Crippen molar-refractivity contribution in [1.29, 1.82) is 0 Å². The predicted molar refractivity (Wildman–Crippen MR) is 84.6 cm³/mol. The fraction of sp³-hybridized carbons (Fsp3) is 0.529. The maximum atomic E-state index is 12.0. The number of rotatable bonds is 7. The van der Waals surface area contributed by atoms with Crippen LogP contribution in [0.5, 0.6) is 0 Å². The van der Waals surface area contributed by atoms with E-state index in [4.69, 9.17) is 0 Å². The van der Waals surface area contributed by atoms with Gasteiger partial charge < -0.3 is 10.2 Å². The van der Waals surface area contributed by atoms with Crippen molar-refractivity contribution in [3.8, 4) is 0 Å². The van der Waals surface area contributed by atoms with Crippen molar-refractivity contribution in [2.24, 2.45) is 11.1 Å². The van der Waals surface area contributed by atoms with Crippen LogP contribution in [0.25, 0.3) is 0 Å². The molecule has 1 N–H and O–H groups in total. The largest absolute Gasteiger partial charge is 0.399 e. The second-order valence-corrected chi connectivity index (χ2v) is 5.59. The molecule has 1 amide bonds. The maximum Gasteiger partial charge on any atom is 0.251 e. The van der Waals surface area contributed by atoms with E-state index in [0.29, 0.717) is 5.56 Å². The SMILES string of the molecule is CO/N=C/c1ccc(C(=O)NCCCC2CCCC2)cc1. The van der Waals surface area contributed by atoms with Crippen LogP contribution < -0.4 is 5.32 Å². The van der Waals surface area contributed by atoms with Gasteiger partial charge in [-0.05, 0) is 36.5 Å². The Morgan fingerprint density at radius 1 is 1.33 bits per heavy atom. The molecule has 1 aliphatic rings. The monoisotopic (exact) mass is 288 g/mol. The first kappa shape index (κ1) is 15.5. The van der Waals surface area contributed by atoms with Crippen molar-refractivity contribution in [2.45, 2.75) is 38.5 Å². The van der Waals surface area contributed by atoms with Gasteiger partial charge in [0.25, 0.3) is 5.91 Å². The topological polar surface area (TPSA) is 50.7 Å². The normalized spacial score (nSPS) is 15.5. The van der Waals surface area contributed by atoms with E-state index in [2.05, 4.69) is 15.3 Å². The number of nitrogens with zero attached hydrogens (tertiary/aromatic N) is 1. The summed E-state index contributed by atoms with van der Waals surface area (Å²) >= 11 is 0. The van der Waals surface area contributed by atoms with Crippen molar-refractivity contribution in [2.75, 3.05) is 13.7 Å². The minimum atomic E-state index is -0.00310. The molecule has 114 valence electrons. The number of benzene rings is 1. The molecule has 0 unspecified atom stereocenters. The summed E-state index contributed by atoms with van der Waals surface area (Å²) in [6.45, 7) is 0.766. The number of hydrogen-bond donors (Lipinski definition) is 1. The Morgan fingerprint density at radius 3 is 2.71 bits per heavy atom. The fourth-order valence-electron chi connectivity index (χ4n) is 2.83. The summed E-state index contributed by atoms with van der Waals surface area (Å²) in [6, 6.07) is 7.33. The van der Waals surface area contributed by atoms with E-state index in [-0.39, 0.29) is 5.91 Å². The molecule has 0 atom stereocenters. The highest BCUT2D eigenvalue weighted by atomic mass is 16.6. The number of carbonyl (C=O) groups is 1. The summed E-state index contributed by atoms with van der Waals surface area (Å²) < 4.78 is 0. The van der Waals surface area contributed by atoms with Crippen LogP contribution in [0.2, 0.25) is 0 Å². The molecular formula is C17H24N2O2. The zero-order valence-electron chi connectivity index (χ0n) is 12.7. The van der Waals surface area contributed by atoms with Crippen LogP contribution in [0.4, 0.5) is 0 Å². The smallest absolute Gasteiger partial charge is 0.251 e. The molecule has 2 rings (SSSR count). The number of nitrogens with one attached hydrogen (secondary N) is 1. The molecule has 1 aliphatic carbocycles. The number of oxime groups is 1. The van der Waals surface area contributed by atoms with Gasteiger partial charge in [0.1, 0.15) is 7.11 Å². The van der Waals surface area contributed by atoms with Gasteiger partial charge in [0, 0.05) is 12.1 Å². The van der Waals surface area contributed by atoms with E-state index in [0.717, 1.165) is 24.4 Å². The van der Waals surface area contributed by atoms with Crippen LogP contribution in [0.1, 0.15) is 54.4 Å². The zero-order valence-corrected chi connectivity index (χ0v) is 12.7. The van der Waals surface area contributed by atoms with Gasteiger partial charge in [-0.25, -0.2) is 0 Å². The van der Waals surface area contributed by atoms with Crippen molar-refractivity contribution in [3.05, 3.63) is 35.4 Å². The molecular weight excluding hydrogens is 264 g/mol. The molecule has 0 radical (unpaired) electrons. The zero-order chi connectivity index (χ0) is 14.9. The minimum absolute atomic E-state index is 0.00310. The van der Waals surface area contributed by atoms with E-state index < -0.39 is 0 Å². The summed E-state index contributed by atoms with van der Waals surface area (Å²) in [5, 5.41) is 6.68. The maximum absolute atomic E-state index is 12.0. The average Bonchev–Trinajstić information content (AvgIpc) is 3.03. The average molecular weight is 288 g/mol. The third-order valence-corrected chi connectivity index (χ3v) is 4.03. The van der Waals surface area contributed by atoms with Crippen LogP contribution in [0.15, 0.2) is 29.4 Å². The number of hydrogen-bond acceptors (Lipinski definition) is 3. The lowest BCUT2D eigenvalue weighted by Crippen LogP contribution is -2.24. The van der Waals surface area contributed by atoms with Gasteiger partial charge in [-0.2, -0.15) is 0 Å². The van der Waals surface area contributed by atoms with Gasteiger partial charge >= 0.3 is 0 Å². The third-order valence-electron chi connectivity index (χ3n) is 4.03. The molecule has 0 bridgehead atoms. The van der Waals surface area contributed by atoms with E-state index >= 15 is 0 Å². The van der Waals surface area contributed by atoms with Gasteiger partial charge in [-0.1, -0.05) is 43.0 Å². The summed E-state index contributed by atoms with van der Waals surface area (Å²) in [7, 11) is 1.50. The highest BCUT2D eigenvalue weighted by Gasteiger charge is 2.14. The molecule has 4 heteroatoms. The Hall–Kier alpha value is -1.84. The fourth-order valence-corrected chi connectivity index (χ4v) is 2.83. The second-order valence-electron chi connectivity index (χ2n) is 5.59. The van der Waals surface area contributed by atoms with E-state index in [1.54, 1.807) is 6.21 Å². The van der Waals surface area contributed by atoms with Crippen molar-refractivity contribution in [3.63, 3.8) is 0 Å².